The van der Waals surface area contributed by atoms with Crippen LogP contribution >= 0.6 is 11.6 Å². The summed E-state index contributed by atoms with van der Waals surface area (Å²) in [6.07, 6.45) is 1.58. The lowest BCUT2D eigenvalue weighted by atomic mass is 10.0. The van der Waals surface area contributed by atoms with Crippen LogP contribution in [0, 0.1) is 0 Å². The molecule has 0 bridgehead atoms. The molecule has 0 aromatic heterocycles. The number of nitrogens with one attached hydrogen (secondary N) is 1. The van der Waals surface area contributed by atoms with Gasteiger partial charge in [-0.2, -0.15) is 0 Å². The summed E-state index contributed by atoms with van der Waals surface area (Å²) >= 11 is 6.30. The minimum absolute atomic E-state index is 0.181. The second kappa shape index (κ2) is 10.1. The van der Waals surface area contributed by atoms with Gasteiger partial charge in [0.1, 0.15) is 18.1 Å². The predicted octanol–water partition coefficient (Wildman–Crippen LogP) is 5.02. The third-order valence-electron chi connectivity index (χ3n) is 4.41. The molecule has 0 aliphatic carbocycles. The Labute approximate surface area is 166 Å². The van der Waals surface area contributed by atoms with Crippen LogP contribution in [0.1, 0.15) is 25.0 Å². The van der Waals surface area contributed by atoms with Gasteiger partial charge in [-0.25, -0.2) is 4.79 Å². The Bertz CT molecular complexity index is 763. The monoisotopic (exact) mass is 390 g/mol. The van der Waals surface area contributed by atoms with Crippen LogP contribution in [-0.4, -0.2) is 38.2 Å². The van der Waals surface area contributed by atoms with E-state index in [9.17, 15) is 4.79 Å². The number of anilines is 1. The van der Waals surface area contributed by atoms with Gasteiger partial charge in [0, 0.05) is 12.1 Å². The summed E-state index contributed by atoms with van der Waals surface area (Å²) in [6.45, 7) is 4.95. The van der Waals surface area contributed by atoms with Crippen molar-refractivity contribution in [2.24, 2.45) is 0 Å². The van der Waals surface area contributed by atoms with Gasteiger partial charge in [-0.3, -0.25) is 0 Å². The fraction of sp³-hybridized carbons (Fsp3) is 0.381. The number of methoxy groups -OCH3 is 1. The van der Waals surface area contributed by atoms with E-state index < -0.39 is 0 Å². The van der Waals surface area contributed by atoms with Gasteiger partial charge in [0.05, 0.1) is 19.3 Å². The third-order valence-corrected chi connectivity index (χ3v) is 4.76. The van der Waals surface area contributed by atoms with Gasteiger partial charge >= 0.3 is 6.03 Å². The van der Waals surface area contributed by atoms with E-state index in [4.69, 9.17) is 21.1 Å². The molecule has 2 aromatic carbocycles. The van der Waals surface area contributed by atoms with E-state index in [0.29, 0.717) is 18.2 Å². The second-order valence-corrected chi connectivity index (χ2v) is 6.55. The molecule has 6 heteroatoms. The molecule has 0 aliphatic heterocycles. The van der Waals surface area contributed by atoms with Crippen LogP contribution < -0.4 is 14.8 Å². The number of benzene rings is 2. The first kappa shape index (κ1) is 20.9. The van der Waals surface area contributed by atoms with Gasteiger partial charge in [0.2, 0.25) is 0 Å². The van der Waals surface area contributed by atoms with E-state index in [1.54, 1.807) is 19.1 Å². The van der Waals surface area contributed by atoms with Crippen LogP contribution in [-0.2, 0) is 12.8 Å². The van der Waals surface area contributed by atoms with E-state index >= 15 is 0 Å². The smallest absolute Gasteiger partial charge is 0.321 e. The van der Waals surface area contributed by atoms with Gasteiger partial charge in [-0.05, 0) is 54.3 Å². The SMILES string of the molecule is CCc1ccc(Cl)c(CC)c1NC(=O)N(C)CCOc1ccc(OC)cc1. The molecule has 146 valence electrons. The predicted molar refractivity (Wildman–Crippen MR) is 110 cm³/mol. The van der Waals surface area contributed by atoms with Crippen molar-refractivity contribution in [1.82, 2.24) is 4.90 Å². The summed E-state index contributed by atoms with van der Waals surface area (Å²) in [5.41, 5.74) is 2.86. The van der Waals surface area contributed by atoms with Gasteiger partial charge in [-0.15, -0.1) is 0 Å². The Morgan fingerprint density at radius 1 is 1.07 bits per heavy atom. The molecule has 0 saturated heterocycles. The number of likely N-dealkylation sites (N-methyl/N-ethyl adjacent to an activating group) is 1. The zero-order valence-corrected chi connectivity index (χ0v) is 17.1. The molecule has 0 fully saturated rings. The van der Waals surface area contributed by atoms with E-state index in [-0.39, 0.29) is 6.03 Å². The molecule has 0 aliphatic rings. The van der Waals surface area contributed by atoms with Crippen molar-refractivity contribution in [3.8, 4) is 11.5 Å². The van der Waals surface area contributed by atoms with Gasteiger partial charge in [0.25, 0.3) is 0 Å². The molecule has 0 radical (unpaired) electrons. The van der Waals surface area contributed by atoms with E-state index in [2.05, 4.69) is 12.2 Å². The zero-order valence-electron chi connectivity index (χ0n) is 16.3. The maximum absolute atomic E-state index is 12.6. The first-order chi connectivity index (χ1) is 13.0. The molecule has 2 rings (SSSR count). The molecule has 0 heterocycles. The molecular weight excluding hydrogens is 364 g/mol. The highest BCUT2D eigenvalue weighted by atomic mass is 35.5. The molecule has 27 heavy (non-hydrogen) atoms. The highest BCUT2D eigenvalue weighted by Crippen LogP contribution is 2.29. The topological polar surface area (TPSA) is 50.8 Å². The number of amides is 2. The summed E-state index contributed by atoms with van der Waals surface area (Å²) in [6, 6.07) is 11.0. The molecule has 1 N–H and O–H groups in total. The third kappa shape index (κ3) is 5.54. The molecule has 5 nitrogen and oxygen atoms in total. The standard InChI is InChI=1S/C21H27ClN2O3/c1-5-15-7-12-19(22)18(6-2)20(15)23-21(25)24(3)13-14-27-17-10-8-16(26-4)9-11-17/h7-12H,5-6,13-14H2,1-4H3,(H,23,25). The number of urea groups is 1. The number of carbonyl (C=O) groups is 1. The van der Waals surface area contributed by atoms with Crippen LogP contribution in [0.2, 0.25) is 5.02 Å². The first-order valence-corrected chi connectivity index (χ1v) is 9.47. The van der Waals surface area contributed by atoms with Crippen LogP contribution in [0.25, 0.3) is 0 Å². The van der Waals surface area contributed by atoms with Crippen LogP contribution in [0.5, 0.6) is 11.5 Å². The molecule has 0 atom stereocenters. The Hall–Kier alpha value is -2.40. The fourth-order valence-electron chi connectivity index (χ4n) is 2.74. The van der Waals surface area contributed by atoms with E-state index in [1.165, 1.54) is 0 Å². The zero-order chi connectivity index (χ0) is 19.8. The van der Waals surface area contributed by atoms with E-state index in [1.807, 2.05) is 43.3 Å². The van der Waals surface area contributed by atoms with Crippen molar-refractivity contribution in [3.05, 3.63) is 52.5 Å². The normalized spacial score (nSPS) is 10.4. The summed E-state index contributed by atoms with van der Waals surface area (Å²) in [5.74, 6) is 1.51. The quantitative estimate of drug-likeness (QED) is 0.688. The van der Waals surface area contributed by atoms with Crippen LogP contribution in [0.15, 0.2) is 36.4 Å². The van der Waals surface area contributed by atoms with Crippen molar-refractivity contribution in [3.63, 3.8) is 0 Å². The largest absolute Gasteiger partial charge is 0.497 e. The average molecular weight is 391 g/mol. The molecule has 0 saturated carbocycles. The van der Waals surface area contributed by atoms with Crippen LogP contribution in [0.3, 0.4) is 0 Å². The summed E-state index contributed by atoms with van der Waals surface area (Å²) in [4.78, 5) is 14.2. The van der Waals surface area contributed by atoms with Gasteiger partial charge < -0.3 is 19.7 Å². The number of rotatable bonds is 8. The number of aryl methyl sites for hydroxylation is 1. The summed E-state index contributed by atoms with van der Waals surface area (Å²) in [7, 11) is 3.37. The van der Waals surface area contributed by atoms with Crippen molar-refractivity contribution in [1.29, 1.82) is 0 Å². The summed E-state index contributed by atoms with van der Waals surface area (Å²) in [5, 5.41) is 3.69. The fourth-order valence-corrected chi connectivity index (χ4v) is 3.03. The minimum atomic E-state index is -0.181. The van der Waals surface area contributed by atoms with Crippen molar-refractivity contribution < 1.29 is 14.3 Å². The maximum atomic E-state index is 12.6. The van der Waals surface area contributed by atoms with Crippen LogP contribution in [0.4, 0.5) is 10.5 Å². The van der Waals surface area contributed by atoms with E-state index in [0.717, 1.165) is 41.2 Å². The Morgan fingerprint density at radius 2 is 1.74 bits per heavy atom. The number of ether oxygens (including phenoxy) is 2. The molecule has 2 amide bonds. The Kier molecular flexibility index (Phi) is 7.80. The van der Waals surface area contributed by atoms with Crippen molar-refractivity contribution >= 4 is 23.3 Å². The second-order valence-electron chi connectivity index (χ2n) is 6.14. The number of halogens is 1. The maximum Gasteiger partial charge on any atom is 0.321 e. The summed E-state index contributed by atoms with van der Waals surface area (Å²) < 4.78 is 10.8. The number of nitrogens with zero attached hydrogens (tertiary/aromatic N) is 1. The molecule has 2 aromatic rings. The lowest BCUT2D eigenvalue weighted by molar-refractivity contribution is 0.207. The average Bonchev–Trinajstić information content (AvgIpc) is 2.68. The number of carbonyl (C=O) groups excluding carboxylic acids is 1. The number of hydrogen-bond donors (Lipinski definition) is 1. The first-order valence-electron chi connectivity index (χ1n) is 9.09. The number of hydrogen-bond acceptors (Lipinski definition) is 3. The Morgan fingerprint density at radius 3 is 2.33 bits per heavy atom. The van der Waals surface area contributed by atoms with Gasteiger partial charge in [0.15, 0.2) is 0 Å². The highest BCUT2D eigenvalue weighted by molar-refractivity contribution is 6.31. The Balaban J connectivity index is 1.94. The lowest BCUT2D eigenvalue weighted by Gasteiger charge is -2.21. The molecular formula is C21H27ClN2O3. The molecule has 0 spiro atoms. The van der Waals surface area contributed by atoms with Crippen molar-refractivity contribution in [2.45, 2.75) is 26.7 Å². The lowest BCUT2D eigenvalue weighted by Crippen LogP contribution is -2.35. The molecule has 0 unspecified atom stereocenters. The van der Waals surface area contributed by atoms with Crippen molar-refractivity contribution in [2.75, 3.05) is 32.6 Å². The highest BCUT2D eigenvalue weighted by Gasteiger charge is 2.15. The van der Waals surface area contributed by atoms with Gasteiger partial charge in [-0.1, -0.05) is 31.5 Å². The minimum Gasteiger partial charge on any atom is -0.497 e.